The Labute approximate surface area is 119 Å². The molecule has 19 heavy (non-hydrogen) atoms. The third kappa shape index (κ3) is 4.24. The van der Waals surface area contributed by atoms with Crippen LogP contribution in [-0.2, 0) is 16.7 Å². The number of rotatable bonds is 4. The second kappa shape index (κ2) is 5.87. The van der Waals surface area contributed by atoms with Crippen molar-refractivity contribution in [3.05, 3.63) is 16.1 Å². The van der Waals surface area contributed by atoms with Gasteiger partial charge >= 0.3 is 0 Å². The second-order valence-electron chi connectivity index (χ2n) is 6.32. The molecule has 0 bridgehead atoms. The Morgan fingerprint density at radius 2 is 2.11 bits per heavy atom. The van der Waals surface area contributed by atoms with Crippen molar-refractivity contribution in [2.45, 2.75) is 51.2 Å². The van der Waals surface area contributed by atoms with Crippen LogP contribution in [-0.4, -0.2) is 35.5 Å². The highest BCUT2D eigenvalue weighted by Crippen LogP contribution is 2.27. The Kier molecular flexibility index (Phi) is 4.61. The standard InChI is InChI=1S/C14H24N2O2S/c1-13(2,3)12-16-9-11(19-12)8-15-10-14(17)4-6-18-7-5-14/h9,15,17H,4-8,10H2,1-3H3. The molecule has 0 saturated carbocycles. The van der Waals surface area contributed by atoms with Crippen molar-refractivity contribution < 1.29 is 9.84 Å². The Morgan fingerprint density at radius 1 is 1.42 bits per heavy atom. The highest BCUT2D eigenvalue weighted by molar-refractivity contribution is 7.11. The first-order valence-electron chi connectivity index (χ1n) is 6.85. The van der Waals surface area contributed by atoms with Crippen LogP contribution in [0.5, 0.6) is 0 Å². The monoisotopic (exact) mass is 284 g/mol. The highest BCUT2D eigenvalue weighted by atomic mass is 32.1. The van der Waals surface area contributed by atoms with Gasteiger partial charge in [0.15, 0.2) is 0 Å². The number of aromatic nitrogens is 1. The molecule has 0 aliphatic carbocycles. The van der Waals surface area contributed by atoms with Gasteiger partial charge in [0.05, 0.1) is 10.6 Å². The summed E-state index contributed by atoms with van der Waals surface area (Å²) in [5.41, 5.74) is -0.488. The average molecular weight is 284 g/mol. The van der Waals surface area contributed by atoms with Gasteiger partial charge in [-0.1, -0.05) is 20.8 Å². The largest absolute Gasteiger partial charge is 0.388 e. The Morgan fingerprint density at radius 3 is 2.68 bits per heavy atom. The molecular formula is C14H24N2O2S. The molecule has 5 heteroatoms. The summed E-state index contributed by atoms with van der Waals surface area (Å²) in [4.78, 5) is 5.69. The third-order valence-corrected chi connectivity index (χ3v) is 4.80. The van der Waals surface area contributed by atoms with E-state index in [0.29, 0.717) is 19.8 Å². The topological polar surface area (TPSA) is 54.4 Å². The number of ether oxygens (including phenoxy) is 1. The Bertz CT molecular complexity index is 406. The molecular weight excluding hydrogens is 260 g/mol. The molecule has 2 heterocycles. The first-order valence-corrected chi connectivity index (χ1v) is 7.67. The fourth-order valence-corrected chi connectivity index (χ4v) is 3.02. The van der Waals surface area contributed by atoms with Crippen LogP contribution in [0.2, 0.25) is 0 Å². The first kappa shape index (κ1) is 14.9. The molecule has 0 atom stereocenters. The van der Waals surface area contributed by atoms with Gasteiger partial charge in [-0.2, -0.15) is 0 Å². The van der Waals surface area contributed by atoms with E-state index in [4.69, 9.17) is 4.74 Å². The molecule has 0 aromatic carbocycles. The van der Waals surface area contributed by atoms with Crippen molar-refractivity contribution in [2.75, 3.05) is 19.8 Å². The molecule has 1 aliphatic rings. The van der Waals surface area contributed by atoms with E-state index in [1.807, 2.05) is 6.20 Å². The van der Waals surface area contributed by atoms with Crippen LogP contribution in [0.4, 0.5) is 0 Å². The van der Waals surface area contributed by atoms with E-state index in [2.05, 4.69) is 31.1 Å². The molecule has 1 fully saturated rings. The number of hydrogen-bond donors (Lipinski definition) is 2. The minimum Gasteiger partial charge on any atom is -0.388 e. The van der Waals surface area contributed by atoms with Crippen LogP contribution in [0.15, 0.2) is 6.20 Å². The van der Waals surface area contributed by atoms with Crippen molar-refractivity contribution in [1.29, 1.82) is 0 Å². The van der Waals surface area contributed by atoms with Crippen LogP contribution in [0, 0.1) is 0 Å². The average Bonchev–Trinajstić information content (AvgIpc) is 2.78. The molecule has 0 amide bonds. The molecule has 108 valence electrons. The summed E-state index contributed by atoms with van der Waals surface area (Å²) in [6.07, 6.45) is 3.37. The number of nitrogens with zero attached hydrogens (tertiary/aromatic N) is 1. The zero-order valence-electron chi connectivity index (χ0n) is 12.0. The highest BCUT2D eigenvalue weighted by Gasteiger charge is 2.29. The van der Waals surface area contributed by atoms with Crippen molar-refractivity contribution in [2.24, 2.45) is 0 Å². The van der Waals surface area contributed by atoms with Crippen LogP contribution in [0.1, 0.15) is 43.5 Å². The normalized spacial score (nSPS) is 19.6. The summed E-state index contributed by atoms with van der Waals surface area (Å²) in [5.74, 6) is 0. The van der Waals surface area contributed by atoms with Crippen molar-refractivity contribution in [1.82, 2.24) is 10.3 Å². The second-order valence-corrected chi connectivity index (χ2v) is 7.44. The molecule has 1 aliphatic heterocycles. The van der Waals surface area contributed by atoms with E-state index in [9.17, 15) is 5.11 Å². The smallest absolute Gasteiger partial charge is 0.0981 e. The van der Waals surface area contributed by atoms with E-state index in [0.717, 1.165) is 24.4 Å². The van der Waals surface area contributed by atoms with Crippen molar-refractivity contribution in [3.8, 4) is 0 Å². The Hall–Kier alpha value is -0.490. The summed E-state index contributed by atoms with van der Waals surface area (Å²) in [5, 5.41) is 14.8. The van der Waals surface area contributed by atoms with Gasteiger partial charge in [0.1, 0.15) is 0 Å². The van der Waals surface area contributed by atoms with Crippen LogP contribution in [0.3, 0.4) is 0 Å². The van der Waals surface area contributed by atoms with E-state index in [1.54, 1.807) is 11.3 Å². The molecule has 2 N–H and O–H groups in total. The van der Waals surface area contributed by atoms with Crippen molar-refractivity contribution >= 4 is 11.3 Å². The van der Waals surface area contributed by atoms with Gasteiger partial charge in [-0.3, -0.25) is 0 Å². The van der Waals surface area contributed by atoms with Gasteiger partial charge in [-0.25, -0.2) is 4.98 Å². The zero-order valence-corrected chi connectivity index (χ0v) is 12.8. The van der Waals surface area contributed by atoms with Gasteiger partial charge < -0.3 is 15.2 Å². The SMILES string of the molecule is CC(C)(C)c1ncc(CNCC2(O)CCOCC2)s1. The Balaban J connectivity index is 1.81. The lowest BCUT2D eigenvalue weighted by atomic mass is 9.94. The number of hydrogen-bond acceptors (Lipinski definition) is 5. The summed E-state index contributed by atoms with van der Waals surface area (Å²) < 4.78 is 5.27. The van der Waals surface area contributed by atoms with E-state index >= 15 is 0 Å². The van der Waals surface area contributed by atoms with Gasteiger partial charge in [-0.15, -0.1) is 11.3 Å². The minimum absolute atomic E-state index is 0.113. The predicted octanol–water partition coefficient (Wildman–Crippen LogP) is 2.07. The van der Waals surface area contributed by atoms with Crippen LogP contribution >= 0.6 is 11.3 Å². The van der Waals surface area contributed by atoms with E-state index in [1.165, 1.54) is 4.88 Å². The van der Waals surface area contributed by atoms with E-state index in [-0.39, 0.29) is 5.41 Å². The maximum absolute atomic E-state index is 10.3. The van der Waals surface area contributed by atoms with Gasteiger partial charge in [0.25, 0.3) is 0 Å². The molecule has 0 spiro atoms. The zero-order chi connectivity index (χ0) is 13.9. The lowest BCUT2D eigenvalue weighted by molar-refractivity contribution is -0.0616. The molecule has 1 saturated heterocycles. The minimum atomic E-state index is -0.601. The summed E-state index contributed by atoms with van der Waals surface area (Å²) in [6, 6.07) is 0. The molecule has 1 aromatic heterocycles. The van der Waals surface area contributed by atoms with E-state index < -0.39 is 5.60 Å². The lowest BCUT2D eigenvalue weighted by Crippen LogP contribution is -2.44. The molecule has 0 unspecified atom stereocenters. The lowest BCUT2D eigenvalue weighted by Gasteiger charge is -2.32. The number of nitrogens with one attached hydrogen (secondary N) is 1. The number of aliphatic hydroxyl groups is 1. The van der Waals surface area contributed by atoms with Crippen LogP contribution < -0.4 is 5.32 Å². The maximum Gasteiger partial charge on any atom is 0.0981 e. The fraction of sp³-hybridized carbons (Fsp3) is 0.786. The first-order chi connectivity index (χ1) is 8.89. The predicted molar refractivity (Wildman–Crippen MR) is 77.5 cm³/mol. The molecule has 2 rings (SSSR count). The van der Waals surface area contributed by atoms with Crippen molar-refractivity contribution in [3.63, 3.8) is 0 Å². The molecule has 0 radical (unpaired) electrons. The summed E-state index contributed by atoms with van der Waals surface area (Å²) in [7, 11) is 0. The van der Waals surface area contributed by atoms with Crippen LogP contribution in [0.25, 0.3) is 0 Å². The van der Waals surface area contributed by atoms with Gasteiger partial charge in [0.2, 0.25) is 0 Å². The summed E-state index contributed by atoms with van der Waals surface area (Å²) in [6.45, 7) is 9.24. The number of thiazole rings is 1. The molecule has 4 nitrogen and oxygen atoms in total. The summed E-state index contributed by atoms with van der Waals surface area (Å²) >= 11 is 1.75. The van der Waals surface area contributed by atoms with Gasteiger partial charge in [-0.05, 0) is 0 Å². The molecule has 1 aromatic rings. The fourth-order valence-electron chi connectivity index (χ4n) is 2.08. The van der Waals surface area contributed by atoms with Gasteiger partial charge in [0, 0.05) is 55.6 Å². The third-order valence-electron chi connectivity index (χ3n) is 3.37. The maximum atomic E-state index is 10.3. The quantitative estimate of drug-likeness (QED) is 0.889.